The SMILES string of the molecule is CC(=O)c1ccc(C(=O)N(N)c2ccccc2N2CCCCC2)s1. The lowest BCUT2D eigenvalue weighted by Gasteiger charge is -2.32. The molecule has 1 fully saturated rings. The van der Waals surface area contributed by atoms with Crippen LogP contribution in [0.5, 0.6) is 0 Å². The van der Waals surface area contributed by atoms with Gasteiger partial charge in [-0.15, -0.1) is 11.3 Å². The van der Waals surface area contributed by atoms with E-state index in [1.807, 2.05) is 24.3 Å². The van der Waals surface area contributed by atoms with E-state index in [0.29, 0.717) is 15.4 Å². The fraction of sp³-hybridized carbons (Fsp3) is 0.333. The van der Waals surface area contributed by atoms with E-state index in [2.05, 4.69) is 4.90 Å². The van der Waals surface area contributed by atoms with E-state index in [-0.39, 0.29) is 11.7 Å². The van der Waals surface area contributed by atoms with E-state index < -0.39 is 0 Å². The first-order valence-electron chi connectivity index (χ1n) is 8.12. The maximum absolute atomic E-state index is 12.7. The molecule has 1 aliphatic heterocycles. The Labute approximate surface area is 145 Å². The molecule has 0 aliphatic carbocycles. The molecule has 2 aromatic rings. The van der Waals surface area contributed by atoms with Crippen LogP contribution in [0, 0.1) is 0 Å². The van der Waals surface area contributed by atoms with E-state index in [4.69, 9.17) is 5.84 Å². The van der Waals surface area contributed by atoms with E-state index in [1.165, 1.54) is 29.7 Å². The molecule has 1 aliphatic rings. The number of amides is 1. The summed E-state index contributed by atoms with van der Waals surface area (Å²) in [4.78, 5) is 27.4. The van der Waals surface area contributed by atoms with E-state index in [1.54, 1.807) is 12.1 Å². The number of nitrogens with two attached hydrogens (primary N) is 1. The summed E-state index contributed by atoms with van der Waals surface area (Å²) in [5, 5.41) is 1.19. The van der Waals surface area contributed by atoms with Gasteiger partial charge in [0, 0.05) is 13.1 Å². The number of hydrazine groups is 1. The molecule has 126 valence electrons. The summed E-state index contributed by atoms with van der Waals surface area (Å²) in [6.07, 6.45) is 3.55. The second-order valence-corrected chi connectivity index (χ2v) is 7.02. The van der Waals surface area contributed by atoms with Crippen LogP contribution in [0.2, 0.25) is 0 Å². The minimum atomic E-state index is -0.294. The number of carbonyl (C=O) groups is 2. The third-order valence-electron chi connectivity index (χ3n) is 4.22. The quantitative estimate of drug-likeness (QED) is 0.399. The first-order chi connectivity index (χ1) is 11.6. The van der Waals surface area contributed by atoms with Gasteiger partial charge in [-0.05, 0) is 50.5 Å². The van der Waals surface area contributed by atoms with Gasteiger partial charge in [0.05, 0.1) is 21.1 Å². The number of thiophene rings is 1. The summed E-state index contributed by atoms with van der Waals surface area (Å²) in [7, 11) is 0. The van der Waals surface area contributed by atoms with Gasteiger partial charge in [-0.3, -0.25) is 9.59 Å². The second kappa shape index (κ2) is 7.15. The predicted octanol–water partition coefficient (Wildman–Crippen LogP) is 3.46. The number of hydrogen-bond donors (Lipinski definition) is 1. The smallest absolute Gasteiger partial charge is 0.282 e. The van der Waals surface area contributed by atoms with Gasteiger partial charge >= 0.3 is 0 Å². The number of para-hydroxylation sites is 2. The third-order valence-corrected chi connectivity index (χ3v) is 5.39. The molecule has 0 atom stereocenters. The van der Waals surface area contributed by atoms with Crippen molar-refractivity contribution < 1.29 is 9.59 Å². The van der Waals surface area contributed by atoms with Crippen molar-refractivity contribution >= 4 is 34.4 Å². The number of piperidine rings is 1. The van der Waals surface area contributed by atoms with Crippen molar-refractivity contribution in [1.82, 2.24) is 0 Å². The summed E-state index contributed by atoms with van der Waals surface area (Å²) >= 11 is 1.18. The molecule has 5 nitrogen and oxygen atoms in total. The number of carbonyl (C=O) groups excluding carboxylic acids is 2. The zero-order valence-electron chi connectivity index (χ0n) is 13.7. The van der Waals surface area contributed by atoms with E-state index >= 15 is 0 Å². The van der Waals surface area contributed by atoms with Crippen LogP contribution in [0.3, 0.4) is 0 Å². The Hall–Kier alpha value is -2.18. The summed E-state index contributed by atoms with van der Waals surface area (Å²) < 4.78 is 0. The fourth-order valence-corrected chi connectivity index (χ4v) is 3.78. The van der Waals surface area contributed by atoms with Crippen LogP contribution < -0.4 is 15.8 Å². The average Bonchev–Trinajstić information content (AvgIpc) is 3.11. The Kier molecular flexibility index (Phi) is 4.97. The lowest BCUT2D eigenvalue weighted by molar-refractivity contribution is 0.0989. The number of rotatable bonds is 4. The number of Topliss-reactive ketones (excluding diaryl/α,β-unsaturated/α-hetero) is 1. The van der Waals surface area contributed by atoms with Crippen molar-refractivity contribution in [2.45, 2.75) is 26.2 Å². The van der Waals surface area contributed by atoms with Gasteiger partial charge in [0.1, 0.15) is 0 Å². The largest absolute Gasteiger partial charge is 0.370 e. The molecule has 2 N–H and O–H groups in total. The maximum atomic E-state index is 12.7. The molecule has 1 aromatic carbocycles. The highest BCUT2D eigenvalue weighted by Gasteiger charge is 2.22. The Bertz CT molecular complexity index is 750. The highest BCUT2D eigenvalue weighted by atomic mass is 32.1. The summed E-state index contributed by atoms with van der Waals surface area (Å²) in [6, 6.07) is 11.0. The molecule has 0 unspecified atom stereocenters. The Morgan fingerprint density at radius 1 is 1.04 bits per heavy atom. The van der Waals surface area contributed by atoms with Crippen LogP contribution in [0.25, 0.3) is 0 Å². The van der Waals surface area contributed by atoms with Gasteiger partial charge < -0.3 is 4.90 Å². The monoisotopic (exact) mass is 343 g/mol. The average molecular weight is 343 g/mol. The predicted molar refractivity (Wildman–Crippen MR) is 97.8 cm³/mol. The molecule has 1 amide bonds. The number of benzene rings is 1. The summed E-state index contributed by atoms with van der Waals surface area (Å²) in [5.74, 6) is 5.80. The standard InChI is InChI=1S/C18H21N3O2S/c1-13(22)16-9-10-17(24-16)18(23)21(19)15-8-4-3-7-14(15)20-11-5-2-6-12-20/h3-4,7-10H,2,5-6,11-12,19H2,1H3. The number of nitrogens with zero attached hydrogens (tertiary/aromatic N) is 2. The molecule has 6 heteroatoms. The van der Waals surface area contributed by atoms with Crippen LogP contribution in [0.4, 0.5) is 11.4 Å². The lowest BCUT2D eigenvalue weighted by atomic mass is 10.1. The van der Waals surface area contributed by atoms with Gasteiger partial charge in [0.15, 0.2) is 5.78 Å². The van der Waals surface area contributed by atoms with Gasteiger partial charge in [-0.25, -0.2) is 10.9 Å². The molecular formula is C18H21N3O2S. The lowest BCUT2D eigenvalue weighted by Crippen LogP contribution is -2.39. The van der Waals surface area contributed by atoms with Crippen molar-refractivity contribution in [3.05, 3.63) is 46.2 Å². The summed E-state index contributed by atoms with van der Waals surface area (Å²) in [5.41, 5.74) is 1.68. The van der Waals surface area contributed by atoms with Gasteiger partial charge in [-0.1, -0.05) is 12.1 Å². The van der Waals surface area contributed by atoms with Crippen LogP contribution in [-0.4, -0.2) is 24.8 Å². The Morgan fingerprint density at radius 2 is 1.71 bits per heavy atom. The molecule has 1 saturated heterocycles. The highest BCUT2D eigenvalue weighted by molar-refractivity contribution is 7.16. The molecule has 0 spiro atoms. The van der Waals surface area contributed by atoms with Crippen LogP contribution in [0.15, 0.2) is 36.4 Å². The third kappa shape index (κ3) is 3.34. The molecule has 3 rings (SSSR count). The minimum absolute atomic E-state index is 0.0451. The molecule has 0 saturated carbocycles. The number of anilines is 2. The van der Waals surface area contributed by atoms with Crippen molar-refractivity contribution in [3.63, 3.8) is 0 Å². The van der Waals surface area contributed by atoms with Gasteiger partial charge in [0.25, 0.3) is 5.91 Å². The molecule has 2 heterocycles. The minimum Gasteiger partial charge on any atom is -0.370 e. The molecule has 0 radical (unpaired) electrons. The zero-order valence-corrected chi connectivity index (χ0v) is 14.5. The number of hydrogen-bond acceptors (Lipinski definition) is 5. The number of ketones is 1. The van der Waals surface area contributed by atoms with Gasteiger partial charge in [0.2, 0.25) is 0 Å². The van der Waals surface area contributed by atoms with Crippen LogP contribution in [-0.2, 0) is 0 Å². The maximum Gasteiger partial charge on any atom is 0.282 e. The molecular weight excluding hydrogens is 322 g/mol. The van der Waals surface area contributed by atoms with Gasteiger partial charge in [-0.2, -0.15) is 0 Å². The topological polar surface area (TPSA) is 66.6 Å². The normalized spacial score (nSPS) is 14.5. The summed E-state index contributed by atoms with van der Waals surface area (Å²) in [6.45, 7) is 3.45. The van der Waals surface area contributed by atoms with E-state index in [0.717, 1.165) is 31.6 Å². The molecule has 0 bridgehead atoms. The first-order valence-corrected chi connectivity index (χ1v) is 8.93. The van der Waals surface area contributed by atoms with Crippen molar-refractivity contribution in [2.24, 2.45) is 5.84 Å². The van der Waals surface area contributed by atoms with Crippen molar-refractivity contribution in [2.75, 3.05) is 23.0 Å². The Morgan fingerprint density at radius 3 is 2.38 bits per heavy atom. The Balaban J connectivity index is 1.87. The molecule has 24 heavy (non-hydrogen) atoms. The first kappa shape index (κ1) is 16.7. The highest BCUT2D eigenvalue weighted by Crippen LogP contribution is 2.31. The molecule has 1 aromatic heterocycles. The van der Waals surface area contributed by atoms with Crippen molar-refractivity contribution in [1.29, 1.82) is 0 Å². The van der Waals surface area contributed by atoms with Crippen molar-refractivity contribution in [3.8, 4) is 0 Å². The second-order valence-electron chi connectivity index (χ2n) is 5.93. The fourth-order valence-electron chi connectivity index (χ4n) is 2.94. The zero-order chi connectivity index (χ0) is 17.1. The van der Waals surface area contributed by atoms with E-state index in [9.17, 15) is 9.59 Å². The van der Waals surface area contributed by atoms with Crippen LogP contribution in [0.1, 0.15) is 45.5 Å². The van der Waals surface area contributed by atoms with Crippen LogP contribution >= 0.6 is 11.3 Å².